The van der Waals surface area contributed by atoms with Crippen molar-refractivity contribution in [2.75, 3.05) is 12.3 Å². The van der Waals surface area contributed by atoms with Crippen molar-refractivity contribution in [3.05, 3.63) is 11.5 Å². The normalized spacial score (nSPS) is 23.9. The number of nitrogens with zero attached hydrogens (tertiary/aromatic N) is 4. The molecule has 8 heteroatoms. The summed E-state index contributed by atoms with van der Waals surface area (Å²) in [5.74, 6) is 0.103. The minimum absolute atomic E-state index is 0.0149. The summed E-state index contributed by atoms with van der Waals surface area (Å²) in [5, 5.41) is 9.30. The van der Waals surface area contributed by atoms with E-state index in [1.165, 1.54) is 0 Å². The molecule has 2 aromatic heterocycles. The van der Waals surface area contributed by atoms with Crippen LogP contribution in [0.4, 0.5) is 5.95 Å². The number of halogens is 1. The van der Waals surface area contributed by atoms with Gasteiger partial charge in [0.2, 0.25) is 5.95 Å². The van der Waals surface area contributed by atoms with E-state index in [1.807, 2.05) is 0 Å². The third kappa shape index (κ3) is 1.80. The van der Waals surface area contributed by atoms with E-state index in [9.17, 15) is 0 Å². The Morgan fingerprint density at radius 3 is 3.06 bits per heavy atom. The second kappa shape index (κ2) is 4.34. The molecule has 0 saturated carbocycles. The van der Waals surface area contributed by atoms with E-state index in [-0.39, 0.29) is 30.0 Å². The number of aromatic nitrogens is 4. The molecule has 1 saturated heterocycles. The van der Waals surface area contributed by atoms with E-state index in [0.717, 1.165) is 12.8 Å². The number of nitrogens with two attached hydrogens (primary N) is 1. The zero-order chi connectivity index (χ0) is 12.7. The largest absolute Gasteiger partial charge is 0.394 e. The molecule has 2 aromatic rings. The Hall–Kier alpha value is -1.44. The molecule has 1 aliphatic rings. The molecule has 1 fully saturated rings. The summed E-state index contributed by atoms with van der Waals surface area (Å²) >= 11 is 5.95. The number of hydrogen-bond acceptors (Lipinski definition) is 6. The van der Waals surface area contributed by atoms with Crippen molar-refractivity contribution >= 4 is 28.7 Å². The monoisotopic (exact) mass is 269 g/mol. The highest BCUT2D eigenvalue weighted by Gasteiger charge is 2.27. The van der Waals surface area contributed by atoms with Gasteiger partial charge in [0.05, 0.1) is 19.0 Å². The van der Waals surface area contributed by atoms with E-state index in [0.29, 0.717) is 11.2 Å². The van der Waals surface area contributed by atoms with Gasteiger partial charge in [0.25, 0.3) is 0 Å². The molecule has 96 valence electrons. The molecular weight excluding hydrogens is 258 g/mol. The van der Waals surface area contributed by atoms with E-state index >= 15 is 0 Å². The SMILES string of the molecule is Nc1nc(Cl)c2ncn([C@H]3CC[C@H](CO)O3)c2n1. The first kappa shape index (κ1) is 11.6. The third-order valence-corrected chi connectivity index (χ3v) is 3.26. The molecule has 0 unspecified atom stereocenters. The van der Waals surface area contributed by atoms with Crippen molar-refractivity contribution in [1.29, 1.82) is 0 Å². The average molecular weight is 270 g/mol. The first-order valence-corrected chi connectivity index (χ1v) is 5.98. The van der Waals surface area contributed by atoms with Gasteiger partial charge in [-0.15, -0.1) is 0 Å². The zero-order valence-corrected chi connectivity index (χ0v) is 10.2. The molecule has 18 heavy (non-hydrogen) atoms. The fourth-order valence-corrected chi connectivity index (χ4v) is 2.35. The van der Waals surface area contributed by atoms with Crippen molar-refractivity contribution < 1.29 is 9.84 Å². The van der Waals surface area contributed by atoms with Crippen LogP contribution in [-0.2, 0) is 4.74 Å². The number of hydrogen-bond donors (Lipinski definition) is 2. The Bertz CT molecular complexity index is 587. The summed E-state index contributed by atoms with van der Waals surface area (Å²) in [7, 11) is 0. The number of nitrogen functional groups attached to an aromatic ring is 1. The summed E-state index contributed by atoms with van der Waals surface area (Å²) in [4.78, 5) is 12.1. The third-order valence-electron chi connectivity index (χ3n) is 3.00. The molecule has 0 spiro atoms. The number of anilines is 1. The molecule has 0 bridgehead atoms. The number of imidazole rings is 1. The predicted molar refractivity (Wildman–Crippen MR) is 65.0 cm³/mol. The van der Waals surface area contributed by atoms with Crippen LogP contribution < -0.4 is 5.73 Å². The van der Waals surface area contributed by atoms with Crippen LogP contribution in [0, 0.1) is 0 Å². The molecule has 2 atom stereocenters. The highest BCUT2D eigenvalue weighted by Crippen LogP contribution is 2.31. The Kier molecular flexibility index (Phi) is 2.81. The average Bonchev–Trinajstić information content (AvgIpc) is 2.93. The molecular formula is C10H12ClN5O2. The minimum Gasteiger partial charge on any atom is -0.394 e. The van der Waals surface area contributed by atoms with Crippen molar-refractivity contribution in [3.63, 3.8) is 0 Å². The van der Waals surface area contributed by atoms with Gasteiger partial charge in [0.15, 0.2) is 10.8 Å². The standard InChI is InChI=1S/C10H12ClN5O2/c11-8-7-9(15-10(12)14-8)16(4-13-7)6-2-1-5(3-17)18-6/h4-6,17H,1-3H2,(H2,12,14,15)/t5-,6-/m1/s1. The molecule has 3 N–H and O–H groups in total. The Balaban J connectivity index is 2.03. The summed E-state index contributed by atoms with van der Waals surface area (Å²) in [5.41, 5.74) is 6.63. The van der Waals surface area contributed by atoms with Gasteiger partial charge in [0, 0.05) is 0 Å². The molecule has 0 aromatic carbocycles. The first-order chi connectivity index (χ1) is 8.69. The van der Waals surface area contributed by atoms with E-state index in [2.05, 4.69) is 15.0 Å². The van der Waals surface area contributed by atoms with Crippen LogP contribution in [0.25, 0.3) is 11.2 Å². The van der Waals surface area contributed by atoms with Gasteiger partial charge in [-0.05, 0) is 12.8 Å². The lowest BCUT2D eigenvalue weighted by molar-refractivity contribution is -0.0207. The second-order valence-electron chi connectivity index (χ2n) is 4.17. The molecule has 3 heterocycles. The number of fused-ring (bicyclic) bond motifs is 1. The predicted octanol–water partition coefficient (Wildman–Crippen LogP) is 0.732. The minimum atomic E-state index is -0.197. The van der Waals surface area contributed by atoms with Gasteiger partial charge < -0.3 is 15.6 Å². The van der Waals surface area contributed by atoms with E-state index in [4.69, 9.17) is 27.2 Å². The summed E-state index contributed by atoms with van der Waals surface area (Å²) < 4.78 is 7.44. The molecule has 7 nitrogen and oxygen atoms in total. The molecule has 0 radical (unpaired) electrons. The van der Waals surface area contributed by atoms with E-state index in [1.54, 1.807) is 10.9 Å². The number of aliphatic hydroxyl groups excluding tert-OH is 1. The summed E-state index contributed by atoms with van der Waals surface area (Å²) in [6, 6.07) is 0. The lowest BCUT2D eigenvalue weighted by Gasteiger charge is -2.13. The van der Waals surface area contributed by atoms with Gasteiger partial charge in [-0.3, -0.25) is 4.57 Å². The summed E-state index contributed by atoms with van der Waals surface area (Å²) in [6.45, 7) is 0.0149. The van der Waals surface area contributed by atoms with Crippen molar-refractivity contribution in [2.24, 2.45) is 0 Å². The van der Waals surface area contributed by atoms with Gasteiger partial charge in [-0.2, -0.15) is 9.97 Å². The van der Waals surface area contributed by atoms with Crippen molar-refractivity contribution in [2.45, 2.75) is 25.2 Å². The maximum Gasteiger partial charge on any atom is 0.223 e. The number of ether oxygens (including phenoxy) is 1. The van der Waals surface area contributed by atoms with Gasteiger partial charge in [0.1, 0.15) is 11.7 Å². The van der Waals surface area contributed by atoms with Crippen LogP contribution in [0.2, 0.25) is 5.15 Å². The van der Waals surface area contributed by atoms with Gasteiger partial charge in [-0.1, -0.05) is 11.6 Å². The number of rotatable bonds is 2. The van der Waals surface area contributed by atoms with Crippen LogP contribution in [-0.4, -0.2) is 37.3 Å². The fraction of sp³-hybridized carbons (Fsp3) is 0.500. The Morgan fingerprint density at radius 2 is 2.33 bits per heavy atom. The first-order valence-electron chi connectivity index (χ1n) is 5.61. The highest BCUT2D eigenvalue weighted by atomic mass is 35.5. The quantitative estimate of drug-likeness (QED) is 0.780. The maximum absolute atomic E-state index is 9.07. The van der Waals surface area contributed by atoms with Crippen molar-refractivity contribution in [1.82, 2.24) is 19.5 Å². The Labute approximate surface area is 108 Å². The second-order valence-corrected chi connectivity index (χ2v) is 4.53. The smallest absolute Gasteiger partial charge is 0.223 e. The molecule has 0 amide bonds. The molecule has 0 aliphatic carbocycles. The van der Waals surface area contributed by atoms with Gasteiger partial charge in [-0.25, -0.2) is 4.98 Å². The number of aliphatic hydroxyl groups is 1. The van der Waals surface area contributed by atoms with Crippen LogP contribution in [0.3, 0.4) is 0 Å². The highest BCUT2D eigenvalue weighted by molar-refractivity contribution is 6.33. The van der Waals surface area contributed by atoms with Crippen LogP contribution >= 0.6 is 11.6 Å². The zero-order valence-electron chi connectivity index (χ0n) is 9.45. The topological polar surface area (TPSA) is 99.1 Å². The van der Waals surface area contributed by atoms with Gasteiger partial charge >= 0.3 is 0 Å². The van der Waals surface area contributed by atoms with Crippen LogP contribution in [0.15, 0.2) is 6.33 Å². The van der Waals surface area contributed by atoms with Crippen molar-refractivity contribution in [3.8, 4) is 0 Å². The molecule has 1 aliphatic heterocycles. The Morgan fingerprint density at radius 1 is 1.50 bits per heavy atom. The molecule has 3 rings (SSSR count). The lowest BCUT2D eigenvalue weighted by atomic mass is 10.2. The fourth-order valence-electron chi connectivity index (χ4n) is 2.13. The van der Waals surface area contributed by atoms with Crippen LogP contribution in [0.5, 0.6) is 0 Å². The summed E-state index contributed by atoms with van der Waals surface area (Å²) in [6.07, 6.45) is 2.86. The lowest BCUT2D eigenvalue weighted by Crippen LogP contribution is -2.14. The van der Waals surface area contributed by atoms with E-state index < -0.39 is 0 Å². The van der Waals surface area contributed by atoms with Crippen LogP contribution in [0.1, 0.15) is 19.1 Å². The maximum atomic E-state index is 9.07.